The van der Waals surface area contributed by atoms with Crippen molar-refractivity contribution < 1.29 is 9.21 Å². The molecule has 0 N–H and O–H groups in total. The molecule has 0 bridgehead atoms. The van der Waals surface area contributed by atoms with Crippen molar-refractivity contribution in [3.63, 3.8) is 0 Å². The molecule has 5 heteroatoms. The molecule has 0 aliphatic heterocycles. The highest BCUT2D eigenvalue weighted by atomic mass is 16.3. The van der Waals surface area contributed by atoms with Crippen LogP contribution in [0.25, 0.3) is 0 Å². The largest absolute Gasteiger partial charge is 0.464 e. The standard InChI is InChI=1S/C15H17N3O2/c1-10-7-12(10)14-4-3-11(20-14)9-18(2)15(19)13-8-16-5-6-17-13/h3-6,8,10,12H,7,9H2,1-2H3/t10-,12+/m0/s1. The molecule has 1 fully saturated rings. The zero-order chi connectivity index (χ0) is 14.1. The van der Waals surface area contributed by atoms with Gasteiger partial charge in [-0.2, -0.15) is 0 Å². The zero-order valence-corrected chi connectivity index (χ0v) is 11.6. The first-order valence-corrected chi connectivity index (χ1v) is 6.75. The molecule has 2 atom stereocenters. The van der Waals surface area contributed by atoms with Crippen LogP contribution in [0.3, 0.4) is 0 Å². The van der Waals surface area contributed by atoms with Gasteiger partial charge in [0.25, 0.3) is 5.91 Å². The summed E-state index contributed by atoms with van der Waals surface area (Å²) in [7, 11) is 1.74. The lowest BCUT2D eigenvalue weighted by molar-refractivity contribution is 0.0768. The van der Waals surface area contributed by atoms with Gasteiger partial charge in [-0.3, -0.25) is 9.78 Å². The summed E-state index contributed by atoms with van der Waals surface area (Å²) >= 11 is 0. The van der Waals surface area contributed by atoms with E-state index in [1.54, 1.807) is 18.1 Å². The summed E-state index contributed by atoms with van der Waals surface area (Å²) in [6.07, 6.45) is 5.73. The second-order valence-corrected chi connectivity index (χ2v) is 5.38. The highest BCUT2D eigenvalue weighted by molar-refractivity contribution is 5.91. The summed E-state index contributed by atoms with van der Waals surface area (Å²) in [5, 5.41) is 0. The van der Waals surface area contributed by atoms with Crippen LogP contribution >= 0.6 is 0 Å². The fourth-order valence-electron chi connectivity index (χ4n) is 2.31. The number of hydrogen-bond acceptors (Lipinski definition) is 4. The zero-order valence-electron chi connectivity index (χ0n) is 11.6. The van der Waals surface area contributed by atoms with Gasteiger partial charge in [0.2, 0.25) is 0 Å². The summed E-state index contributed by atoms with van der Waals surface area (Å²) in [6.45, 7) is 2.66. The molecule has 20 heavy (non-hydrogen) atoms. The molecule has 0 aromatic carbocycles. The van der Waals surface area contributed by atoms with E-state index >= 15 is 0 Å². The second kappa shape index (κ2) is 5.07. The van der Waals surface area contributed by atoms with Crippen LogP contribution in [0.1, 0.15) is 41.3 Å². The van der Waals surface area contributed by atoms with Crippen LogP contribution in [-0.2, 0) is 6.54 Å². The molecule has 0 saturated heterocycles. The molecule has 1 saturated carbocycles. The number of furan rings is 1. The Labute approximate surface area is 117 Å². The number of rotatable bonds is 4. The maximum Gasteiger partial charge on any atom is 0.274 e. The Kier molecular flexibility index (Phi) is 3.26. The summed E-state index contributed by atoms with van der Waals surface area (Å²) in [5.41, 5.74) is 0.345. The first-order valence-electron chi connectivity index (χ1n) is 6.75. The number of carbonyl (C=O) groups is 1. The van der Waals surface area contributed by atoms with Crippen molar-refractivity contribution in [1.82, 2.24) is 14.9 Å². The molecule has 2 heterocycles. The number of aromatic nitrogens is 2. The van der Waals surface area contributed by atoms with Crippen LogP contribution < -0.4 is 0 Å². The fraction of sp³-hybridized carbons (Fsp3) is 0.400. The summed E-state index contributed by atoms with van der Waals surface area (Å²) in [5.74, 6) is 2.96. The van der Waals surface area contributed by atoms with Crippen LogP contribution in [0.2, 0.25) is 0 Å². The maximum absolute atomic E-state index is 12.1. The summed E-state index contributed by atoms with van der Waals surface area (Å²) in [6, 6.07) is 3.96. The number of hydrogen-bond donors (Lipinski definition) is 0. The molecule has 2 aromatic heterocycles. The van der Waals surface area contributed by atoms with Crippen LogP contribution in [0.4, 0.5) is 0 Å². The molecule has 104 valence electrons. The van der Waals surface area contributed by atoms with E-state index in [1.165, 1.54) is 18.8 Å². The third kappa shape index (κ3) is 2.57. The topological polar surface area (TPSA) is 59.2 Å². The van der Waals surface area contributed by atoms with Crippen molar-refractivity contribution in [2.75, 3.05) is 7.05 Å². The van der Waals surface area contributed by atoms with E-state index in [9.17, 15) is 4.79 Å². The van der Waals surface area contributed by atoms with Crippen LogP contribution in [0, 0.1) is 5.92 Å². The molecule has 1 aliphatic rings. The normalized spacial score (nSPS) is 20.7. The Hall–Kier alpha value is -2.17. The predicted octanol–water partition coefficient (Wildman–Crippen LogP) is 2.47. The molecule has 0 unspecified atom stereocenters. The van der Waals surface area contributed by atoms with Gasteiger partial charge in [-0.25, -0.2) is 4.98 Å². The molecule has 1 aliphatic carbocycles. The Morgan fingerprint density at radius 3 is 2.90 bits per heavy atom. The highest BCUT2D eigenvalue weighted by Gasteiger charge is 2.36. The molecular weight excluding hydrogens is 254 g/mol. The van der Waals surface area contributed by atoms with Crippen molar-refractivity contribution in [2.45, 2.75) is 25.8 Å². The fourth-order valence-corrected chi connectivity index (χ4v) is 2.31. The lowest BCUT2D eigenvalue weighted by atomic mass is 10.3. The molecule has 5 nitrogen and oxygen atoms in total. The van der Waals surface area contributed by atoms with Gasteiger partial charge in [0, 0.05) is 25.4 Å². The monoisotopic (exact) mass is 271 g/mol. The average Bonchev–Trinajstić information content (AvgIpc) is 3.01. The van der Waals surface area contributed by atoms with E-state index in [1.807, 2.05) is 12.1 Å². The Bertz CT molecular complexity index is 609. The van der Waals surface area contributed by atoms with Crippen LogP contribution in [0.15, 0.2) is 35.1 Å². The minimum absolute atomic E-state index is 0.157. The van der Waals surface area contributed by atoms with Gasteiger partial charge in [0.05, 0.1) is 12.7 Å². The molecule has 2 aromatic rings. The first kappa shape index (κ1) is 12.8. The SMILES string of the molecule is C[C@H]1C[C@H]1c1ccc(CN(C)C(=O)c2cnccn2)o1. The lowest BCUT2D eigenvalue weighted by Gasteiger charge is -2.14. The van der Waals surface area contributed by atoms with Crippen molar-refractivity contribution in [3.05, 3.63) is 47.9 Å². The number of carbonyl (C=O) groups excluding carboxylic acids is 1. The smallest absolute Gasteiger partial charge is 0.274 e. The van der Waals surface area contributed by atoms with Gasteiger partial charge in [-0.15, -0.1) is 0 Å². The van der Waals surface area contributed by atoms with E-state index in [-0.39, 0.29) is 5.91 Å². The van der Waals surface area contributed by atoms with Gasteiger partial charge in [-0.05, 0) is 24.5 Å². The van der Waals surface area contributed by atoms with Gasteiger partial charge < -0.3 is 9.32 Å². The predicted molar refractivity (Wildman–Crippen MR) is 73.1 cm³/mol. The van der Waals surface area contributed by atoms with Crippen LogP contribution in [0.5, 0.6) is 0 Å². The van der Waals surface area contributed by atoms with Crippen molar-refractivity contribution in [3.8, 4) is 0 Å². The van der Waals surface area contributed by atoms with E-state index in [2.05, 4.69) is 16.9 Å². The number of nitrogens with zero attached hydrogens (tertiary/aromatic N) is 3. The summed E-state index contributed by atoms with van der Waals surface area (Å²) in [4.78, 5) is 21.6. The van der Waals surface area contributed by atoms with Gasteiger partial charge in [0.1, 0.15) is 17.2 Å². The summed E-state index contributed by atoms with van der Waals surface area (Å²) < 4.78 is 5.80. The van der Waals surface area contributed by atoms with E-state index < -0.39 is 0 Å². The highest BCUT2D eigenvalue weighted by Crippen LogP contribution is 2.47. The Morgan fingerprint density at radius 2 is 2.25 bits per heavy atom. The van der Waals surface area contributed by atoms with E-state index in [0.29, 0.717) is 24.1 Å². The molecular formula is C15H17N3O2. The van der Waals surface area contributed by atoms with Crippen molar-refractivity contribution in [1.29, 1.82) is 0 Å². The van der Waals surface area contributed by atoms with Crippen molar-refractivity contribution in [2.24, 2.45) is 5.92 Å². The minimum Gasteiger partial charge on any atom is -0.464 e. The van der Waals surface area contributed by atoms with Gasteiger partial charge in [0.15, 0.2) is 0 Å². The Morgan fingerprint density at radius 1 is 1.45 bits per heavy atom. The second-order valence-electron chi connectivity index (χ2n) is 5.38. The van der Waals surface area contributed by atoms with E-state index in [0.717, 1.165) is 11.5 Å². The van der Waals surface area contributed by atoms with Crippen molar-refractivity contribution >= 4 is 5.91 Å². The molecule has 0 spiro atoms. The van der Waals surface area contributed by atoms with E-state index in [4.69, 9.17) is 4.42 Å². The first-order chi connectivity index (χ1) is 9.65. The maximum atomic E-state index is 12.1. The Balaban J connectivity index is 1.65. The van der Waals surface area contributed by atoms with Gasteiger partial charge in [-0.1, -0.05) is 6.92 Å². The minimum atomic E-state index is -0.157. The third-order valence-corrected chi connectivity index (χ3v) is 3.68. The van der Waals surface area contributed by atoms with Crippen LogP contribution in [-0.4, -0.2) is 27.8 Å². The quantitative estimate of drug-likeness (QED) is 0.857. The third-order valence-electron chi connectivity index (χ3n) is 3.68. The number of amides is 1. The molecule has 3 rings (SSSR count). The molecule has 0 radical (unpaired) electrons. The average molecular weight is 271 g/mol. The lowest BCUT2D eigenvalue weighted by Crippen LogP contribution is -2.26. The molecule has 1 amide bonds. The van der Waals surface area contributed by atoms with Gasteiger partial charge >= 0.3 is 0 Å².